The van der Waals surface area contributed by atoms with E-state index in [0.29, 0.717) is 24.6 Å². The smallest absolute Gasteiger partial charge is 0.253 e. The van der Waals surface area contributed by atoms with E-state index in [-0.39, 0.29) is 11.7 Å². The van der Waals surface area contributed by atoms with Crippen molar-refractivity contribution in [3.63, 3.8) is 0 Å². The zero-order chi connectivity index (χ0) is 18.5. The van der Waals surface area contributed by atoms with Crippen molar-refractivity contribution in [2.24, 2.45) is 0 Å². The molecule has 2 heterocycles. The molecule has 0 saturated carbocycles. The molecule has 26 heavy (non-hydrogen) atoms. The fourth-order valence-corrected chi connectivity index (χ4v) is 3.51. The first-order valence-electron chi connectivity index (χ1n) is 9.28. The topological polar surface area (TPSA) is 47.4 Å². The van der Waals surface area contributed by atoms with Crippen LogP contribution < -0.4 is 4.74 Å². The zero-order valence-electron chi connectivity index (χ0n) is 15.4. The van der Waals surface area contributed by atoms with Crippen LogP contribution in [0.15, 0.2) is 30.6 Å². The predicted octanol–water partition coefficient (Wildman–Crippen LogP) is 3.85. The molecule has 0 aliphatic carbocycles. The van der Waals surface area contributed by atoms with E-state index in [9.17, 15) is 9.18 Å². The maximum atomic E-state index is 13.6. The number of hydrogen-bond acceptors (Lipinski definition) is 3. The standard InChI is InChI=1S/C20H26FN3O2/c1-3-4-10-23-13-9-22-19(23)15-7-11-24(12-8-15)20(25)16-5-6-17(21)18(14-16)26-2/h5-6,9,13-15H,3-4,7-8,10-12H2,1-2H3. The number of unbranched alkanes of at least 4 members (excludes halogenated alkanes) is 1. The minimum absolute atomic E-state index is 0.0731. The number of carbonyl (C=O) groups excluding carboxylic acids is 1. The van der Waals surface area contributed by atoms with Gasteiger partial charge in [-0.05, 0) is 37.5 Å². The summed E-state index contributed by atoms with van der Waals surface area (Å²) in [5.41, 5.74) is 0.464. The lowest BCUT2D eigenvalue weighted by Crippen LogP contribution is -2.38. The second kappa shape index (κ2) is 8.34. The van der Waals surface area contributed by atoms with E-state index in [1.54, 1.807) is 0 Å². The Bertz CT molecular complexity index is 751. The highest BCUT2D eigenvalue weighted by Gasteiger charge is 2.27. The van der Waals surface area contributed by atoms with E-state index in [1.165, 1.54) is 25.3 Å². The molecule has 0 radical (unpaired) electrons. The van der Waals surface area contributed by atoms with E-state index >= 15 is 0 Å². The molecule has 1 aliphatic rings. The van der Waals surface area contributed by atoms with Gasteiger partial charge in [0.1, 0.15) is 5.82 Å². The largest absolute Gasteiger partial charge is 0.494 e. The molecule has 2 aromatic rings. The number of nitrogens with zero attached hydrogens (tertiary/aromatic N) is 3. The number of hydrogen-bond donors (Lipinski definition) is 0. The van der Waals surface area contributed by atoms with Gasteiger partial charge < -0.3 is 14.2 Å². The molecule has 1 aromatic carbocycles. The monoisotopic (exact) mass is 359 g/mol. The highest BCUT2D eigenvalue weighted by atomic mass is 19.1. The fraction of sp³-hybridized carbons (Fsp3) is 0.500. The average Bonchev–Trinajstić information content (AvgIpc) is 3.15. The summed E-state index contributed by atoms with van der Waals surface area (Å²) in [5, 5.41) is 0. The van der Waals surface area contributed by atoms with Crippen LogP contribution in [0.2, 0.25) is 0 Å². The summed E-state index contributed by atoms with van der Waals surface area (Å²) in [4.78, 5) is 19.1. The van der Waals surface area contributed by atoms with Crippen molar-refractivity contribution in [2.75, 3.05) is 20.2 Å². The van der Waals surface area contributed by atoms with Gasteiger partial charge in [0.05, 0.1) is 7.11 Å². The number of ether oxygens (including phenoxy) is 1. The molecular weight excluding hydrogens is 333 g/mol. The van der Waals surface area contributed by atoms with Crippen molar-refractivity contribution in [3.05, 3.63) is 47.8 Å². The first-order chi connectivity index (χ1) is 12.6. The van der Waals surface area contributed by atoms with Crippen molar-refractivity contribution in [1.82, 2.24) is 14.5 Å². The quantitative estimate of drug-likeness (QED) is 0.787. The SMILES string of the molecule is CCCCn1ccnc1C1CCN(C(=O)c2ccc(F)c(OC)c2)CC1. The van der Waals surface area contributed by atoms with Gasteiger partial charge in [-0.2, -0.15) is 0 Å². The van der Waals surface area contributed by atoms with Gasteiger partial charge >= 0.3 is 0 Å². The summed E-state index contributed by atoms with van der Waals surface area (Å²) >= 11 is 0. The van der Waals surface area contributed by atoms with Crippen molar-refractivity contribution >= 4 is 5.91 Å². The van der Waals surface area contributed by atoms with Crippen LogP contribution in [0.3, 0.4) is 0 Å². The molecule has 0 atom stereocenters. The fourth-order valence-electron chi connectivity index (χ4n) is 3.51. The van der Waals surface area contributed by atoms with E-state index in [0.717, 1.165) is 38.1 Å². The Balaban J connectivity index is 1.63. The van der Waals surface area contributed by atoms with Crippen LogP contribution in [-0.2, 0) is 6.54 Å². The first-order valence-corrected chi connectivity index (χ1v) is 9.28. The van der Waals surface area contributed by atoms with Gasteiger partial charge in [0.25, 0.3) is 5.91 Å². The van der Waals surface area contributed by atoms with Crippen LogP contribution in [0, 0.1) is 5.82 Å². The predicted molar refractivity (Wildman–Crippen MR) is 98.0 cm³/mol. The van der Waals surface area contributed by atoms with Gasteiger partial charge in [-0.15, -0.1) is 0 Å². The van der Waals surface area contributed by atoms with E-state index in [4.69, 9.17) is 4.74 Å². The Morgan fingerprint density at radius 2 is 2.12 bits per heavy atom. The number of likely N-dealkylation sites (tertiary alicyclic amines) is 1. The van der Waals surface area contributed by atoms with Crippen LogP contribution in [-0.4, -0.2) is 40.6 Å². The van der Waals surface area contributed by atoms with Gasteiger partial charge in [-0.1, -0.05) is 13.3 Å². The molecule has 1 fully saturated rings. The highest BCUT2D eigenvalue weighted by Crippen LogP contribution is 2.28. The third-order valence-electron chi connectivity index (χ3n) is 5.05. The summed E-state index contributed by atoms with van der Waals surface area (Å²) in [6, 6.07) is 4.27. The Hall–Kier alpha value is -2.37. The molecule has 3 rings (SSSR count). The minimum atomic E-state index is -0.457. The molecule has 1 saturated heterocycles. The van der Waals surface area contributed by atoms with Crippen LogP contribution in [0.5, 0.6) is 5.75 Å². The van der Waals surface area contributed by atoms with E-state index < -0.39 is 5.82 Å². The summed E-state index contributed by atoms with van der Waals surface area (Å²) in [6.07, 6.45) is 8.01. The number of aromatic nitrogens is 2. The molecule has 1 amide bonds. The van der Waals surface area contributed by atoms with Crippen molar-refractivity contribution in [2.45, 2.75) is 45.1 Å². The second-order valence-electron chi connectivity index (χ2n) is 6.75. The maximum absolute atomic E-state index is 13.6. The lowest BCUT2D eigenvalue weighted by Gasteiger charge is -2.32. The third-order valence-corrected chi connectivity index (χ3v) is 5.05. The van der Waals surface area contributed by atoms with E-state index in [1.807, 2.05) is 17.3 Å². The van der Waals surface area contributed by atoms with Crippen molar-refractivity contribution in [3.8, 4) is 5.75 Å². The number of rotatable bonds is 6. The lowest BCUT2D eigenvalue weighted by molar-refractivity contribution is 0.0710. The number of imidazole rings is 1. The maximum Gasteiger partial charge on any atom is 0.253 e. The summed E-state index contributed by atoms with van der Waals surface area (Å²) in [6.45, 7) is 4.55. The molecule has 140 valence electrons. The van der Waals surface area contributed by atoms with Crippen LogP contribution in [0.4, 0.5) is 4.39 Å². The lowest BCUT2D eigenvalue weighted by atomic mass is 9.95. The molecule has 6 heteroatoms. The normalized spacial score (nSPS) is 15.3. The summed E-state index contributed by atoms with van der Waals surface area (Å²) < 4.78 is 20.8. The van der Waals surface area contributed by atoms with Gasteiger partial charge in [-0.3, -0.25) is 4.79 Å². The number of amides is 1. The number of methoxy groups -OCH3 is 1. The molecule has 1 aromatic heterocycles. The van der Waals surface area contributed by atoms with E-state index in [2.05, 4.69) is 16.5 Å². The minimum Gasteiger partial charge on any atom is -0.494 e. The molecule has 0 unspecified atom stereocenters. The number of carbonyl (C=O) groups is 1. The number of halogens is 1. The van der Waals surface area contributed by atoms with Crippen LogP contribution in [0.1, 0.15) is 54.7 Å². The molecule has 1 aliphatic heterocycles. The molecule has 0 bridgehead atoms. The van der Waals surface area contributed by atoms with Crippen LogP contribution >= 0.6 is 0 Å². The number of aryl methyl sites for hydroxylation is 1. The summed E-state index contributed by atoms with van der Waals surface area (Å²) in [7, 11) is 1.40. The second-order valence-corrected chi connectivity index (χ2v) is 6.75. The Morgan fingerprint density at radius 1 is 1.35 bits per heavy atom. The third kappa shape index (κ3) is 3.89. The van der Waals surface area contributed by atoms with Crippen LogP contribution in [0.25, 0.3) is 0 Å². The number of piperidine rings is 1. The Kier molecular flexibility index (Phi) is 5.91. The first kappa shape index (κ1) is 18.4. The highest BCUT2D eigenvalue weighted by molar-refractivity contribution is 5.94. The van der Waals surface area contributed by atoms with Gasteiger partial charge in [0.15, 0.2) is 11.6 Å². The number of benzene rings is 1. The Labute approximate surface area is 153 Å². The van der Waals surface area contributed by atoms with Gasteiger partial charge in [0.2, 0.25) is 0 Å². The van der Waals surface area contributed by atoms with Crippen molar-refractivity contribution < 1.29 is 13.9 Å². The zero-order valence-corrected chi connectivity index (χ0v) is 15.4. The average molecular weight is 359 g/mol. The van der Waals surface area contributed by atoms with Crippen molar-refractivity contribution in [1.29, 1.82) is 0 Å². The van der Waals surface area contributed by atoms with Gasteiger partial charge in [0, 0.05) is 43.5 Å². The Morgan fingerprint density at radius 3 is 2.81 bits per heavy atom. The van der Waals surface area contributed by atoms with Gasteiger partial charge in [-0.25, -0.2) is 9.37 Å². The summed E-state index contributed by atoms with van der Waals surface area (Å²) in [5.74, 6) is 1.09. The molecule has 0 spiro atoms. The molecule has 0 N–H and O–H groups in total. The molecular formula is C20H26FN3O2. The molecule has 5 nitrogen and oxygen atoms in total.